The third-order valence-corrected chi connectivity index (χ3v) is 7.75. The fourth-order valence-electron chi connectivity index (χ4n) is 4.96. The molecular weight excluding hydrogens is 501 g/mol. The van der Waals surface area contributed by atoms with Gasteiger partial charge in [-0.05, 0) is 68.1 Å². The van der Waals surface area contributed by atoms with Crippen LogP contribution in [0.4, 0.5) is 0 Å². The van der Waals surface area contributed by atoms with Gasteiger partial charge in [0.15, 0.2) is 0 Å². The van der Waals surface area contributed by atoms with Crippen molar-refractivity contribution < 1.29 is 19.1 Å². The van der Waals surface area contributed by atoms with Crippen molar-refractivity contribution in [2.24, 2.45) is 5.92 Å². The van der Waals surface area contributed by atoms with Crippen LogP contribution in [-0.2, 0) is 4.79 Å². The maximum Gasteiger partial charge on any atom is 0.253 e. The van der Waals surface area contributed by atoms with E-state index in [2.05, 4.69) is 10.6 Å². The summed E-state index contributed by atoms with van der Waals surface area (Å²) in [5.74, 6) is -0.00988. The molecule has 3 atom stereocenters. The second-order valence-electron chi connectivity index (χ2n) is 9.43. The monoisotopic (exact) mass is 531 g/mol. The smallest absolute Gasteiger partial charge is 0.253 e. The molecule has 1 saturated carbocycles. The Hall–Kier alpha value is -2.77. The van der Waals surface area contributed by atoms with Gasteiger partial charge in [0, 0.05) is 36.3 Å². The highest BCUT2D eigenvalue weighted by molar-refractivity contribution is 6.42. The van der Waals surface area contributed by atoms with E-state index in [0.29, 0.717) is 46.4 Å². The van der Waals surface area contributed by atoms with Crippen molar-refractivity contribution in [3.8, 4) is 5.75 Å². The number of benzene rings is 2. The van der Waals surface area contributed by atoms with Crippen LogP contribution in [0, 0.1) is 5.92 Å². The zero-order valence-corrected chi connectivity index (χ0v) is 21.8. The number of likely N-dealkylation sites (tertiary alicyclic amines) is 1. The van der Waals surface area contributed by atoms with Gasteiger partial charge >= 0.3 is 0 Å². The lowest BCUT2D eigenvalue weighted by Gasteiger charge is -2.36. The quantitative estimate of drug-likeness (QED) is 0.564. The van der Waals surface area contributed by atoms with Crippen LogP contribution >= 0.6 is 23.2 Å². The molecule has 0 bridgehead atoms. The predicted octanol–water partition coefficient (Wildman–Crippen LogP) is 4.71. The standard InChI is InChI=1S/C27H31Cl2N3O4/c1-36-20-11-8-17(9-12-20)25(33)30-23-6-2-3-7-24(23)31-26(34)19-5-4-14-32(16-19)27(35)18-10-13-21(28)22(29)15-18/h8-13,15,19,23-24H,2-7,14,16H2,1H3,(H,30,33)(H,31,34)/t19?,23-,24-/m1/s1. The first kappa shape index (κ1) is 26.3. The summed E-state index contributed by atoms with van der Waals surface area (Å²) in [5.41, 5.74) is 1.01. The number of piperidine rings is 1. The summed E-state index contributed by atoms with van der Waals surface area (Å²) < 4.78 is 5.16. The Morgan fingerprint density at radius 2 is 1.53 bits per heavy atom. The fraction of sp³-hybridized carbons (Fsp3) is 0.444. The van der Waals surface area contributed by atoms with E-state index in [4.69, 9.17) is 27.9 Å². The summed E-state index contributed by atoms with van der Waals surface area (Å²) in [4.78, 5) is 40.8. The molecule has 1 unspecified atom stereocenters. The van der Waals surface area contributed by atoms with Crippen molar-refractivity contribution in [3.63, 3.8) is 0 Å². The van der Waals surface area contributed by atoms with Crippen LogP contribution in [0.2, 0.25) is 10.0 Å². The number of ether oxygens (including phenoxy) is 1. The Bertz CT molecular complexity index is 1110. The molecule has 4 rings (SSSR count). The zero-order chi connectivity index (χ0) is 25.7. The number of rotatable bonds is 6. The van der Waals surface area contributed by atoms with Gasteiger partial charge in [-0.1, -0.05) is 36.0 Å². The van der Waals surface area contributed by atoms with Crippen molar-refractivity contribution in [1.82, 2.24) is 15.5 Å². The Kier molecular flexibility index (Phi) is 8.75. The summed E-state index contributed by atoms with van der Waals surface area (Å²) in [7, 11) is 1.58. The molecular formula is C27H31Cl2N3O4. The van der Waals surface area contributed by atoms with Gasteiger partial charge in [0.05, 0.1) is 23.1 Å². The van der Waals surface area contributed by atoms with Crippen LogP contribution in [0.1, 0.15) is 59.2 Å². The van der Waals surface area contributed by atoms with Gasteiger partial charge in [0.25, 0.3) is 11.8 Å². The van der Waals surface area contributed by atoms with Crippen molar-refractivity contribution in [2.75, 3.05) is 20.2 Å². The number of methoxy groups -OCH3 is 1. The highest BCUT2D eigenvalue weighted by Crippen LogP contribution is 2.26. The van der Waals surface area contributed by atoms with E-state index in [1.165, 1.54) is 0 Å². The van der Waals surface area contributed by atoms with E-state index in [1.54, 1.807) is 54.5 Å². The van der Waals surface area contributed by atoms with Crippen molar-refractivity contribution in [2.45, 2.75) is 50.6 Å². The summed E-state index contributed by atoms with van der Waals surface area (Å²) in [6.07, 6.45) is 5.05. The average Bonchev–Trinajstić information content (AvgIpc) is 2.91. The van der Waals surface area contributed by atoms with E-state index in [1.807, 2.05) is 0 Å². The van der Waals surface area contributed by atoms with Gasteiger partial charge in [0.1, 0.15) is 5.75 Å². The first-order valence-corrected chi connectivity index (χ1v) is 13.1. The van der Waals surface area contributed by atoms with Gasteiger partial charge in [-0.25, -0.2) is 0 Å². The van der Waals surface area contributed by atoms with Gasteiger partial charge in [0.2, 0.25) is 5.91 Å². The van der Waals surface area contributed by atoms with Crippen molar-refractivity contribution in [1.29, 1.82) is 0 Å². The Balaban J connectivity index is 1.36. The number of carbonyl (C=O) groups is 3. The molecule has 2 fully saturated rings. The molecule has 0 aromatic heterocycles. The molecule has 1 aliphatic carbocycles. The number of carbonyl (C=O) groups excluding carboxylic acids is 3. The topological polar surface area (TPSA) is 87.7 Å². The van der Waals surface area contributed by atoms with Gasteiger partial charge in [-0.2, -0.15) is 0 Å². The predicted molar refractivity (Wildman–Crippen MR) is 140 cm³/mol. The van der Waals surface area contributed by atoms with Gasteiger partial charge in [-0.15, -0.1) is 0 Å². The van der Waals surface area contributed by atoms with E-state index in [-0.39, 0.29) is 35.7 Å². The van der Waals surface area contributed by atoms with Crippen LogP contribution in [0.5, 0.6) is 5.75 Å². The van der Waals surface area contributed by atoms with Crippen LogP contribution in [0.3, 0.4) is 0 Å². The van der Waals surface area contributed by atoms with Crippen LogP contribution in [0.15, 0.2) is 42.5 Å². The average molecular weight is 532 g/mol. The van der Waals surface area contributed by atoms with E-state index < -0.39 is 0 Å². The van der Waals surface area contributed by atoms with E-state index in [9.17, 15) is 14.4 Å². The molecule has 36 heavy (non-hydrogen) atoms. The second kappa shape index (κ2) is 12.0. The van der Waals surface area contributed by atoms with Crippen molar-refractivity contribution in [3.05, 3.63) is 63.6 Å². The number of hydrogen-bond acceptors (Lipinski definition) is 4. The number of nitrogens with one attached hydrogen (secondary N) is 2. The third-order valence-electron chi connectivity index (χ3n) is 7.01. The molecule has 2 aliphatic rings. The molecule has 9 heteroatoms. The maximum atomic E-state index is 13.2. The number of nitrogens with zero attached hydrogens (tertiary/aromatic N) is 1. The first-order chi connectivity index (χ1) is 17.4. The molecule has 2 aromatic carbocycles. The maximum absolute atomic E-state index is 13.2. The molecule has 0 radical (unpaired) electrons. The molecule has 192 valence electrons. The van der Waals surface area contributed by atoms with Crippen LogP contribution < -0.4 is 15.4 Å². The normalized spacial score (nSPS) is 22.0. The molecule has 0 spiro atoms. The SMILES string of the molecule is COc1ccc(C(=O)N[C@@H]2CCCC[C@H]2NC(=O)C2CCCN(C(=O)c3ccc(Cl)c(Cl)c3)C2)cc1. The van der Waals surface area contributed by atoms with E-state index in [0.717, 1.165) is 32.1 Å². The Labute approximate surface area is 221 Å². The van der Waals surface area contributed by atoms with Gasteiger partial charge < -0.3 is 20.3 Å². The lowest BCUT2D eigenvalue weighted by atomic mass is 9.88. The summed E-state index contributed by atoms with van der Waals surface area (Å²) in [6, 6.07) is 11.5. The van der Waals surface area contributed by atoms with Gasteiger partial charge in [-0.3, -0.25) is 14.4 Å². The third kappa shape index (κ3) is 6.31. The molecule has 1 saturated heterocycles. The number of halogens is 2. The highest BCUT2D eigenvalue weighted by atomic mass is 35.5. The lowest BCUT2D eigenvalue weighted by Crippen LogP contribution is -2.55. The Morgan fingerprint density at radius 3 is 2.19 bits per heavy atom. The molecule has 3 amide bonds. The Morgan fingerprint density at radius 1 is 0.861 bits per heavy atom. The molecule has 7 nitrogen and oxygen atoms in total. The van der Waals surface area contributed by atoms with E-state index >= 15 is 0 Å². The molecule has 1 heterocycles. The summed E-state index contributed by atoms with van der Waals surface area (Å²) >= 11 is 12.1. The fourth-order valence-corrected chi connectivity index (χ4v) is 5.26. The largest absolute Gasteiger partial charge is 0.497 e. The summed E-state index contributed by atoms with van der Waals surface area (Å²) in [5, 5.41) is 7.01. The zero-order valence-electron chi connectivity index (χ0n) is 20.3. The minimum absolute atomic E-state index is 0.0720. The summed E-state index contributed by atoms with van der Waals surface area (Å²) in [6.45, 7) is 0.938. The second-order valence-corrected chi connectivity index (χ2v) is 10.2. The molecule has 1 aliphatic heterocycles. The minimum Gasteiger partial charge on any atom is -0.497 e. The number of amides is 3. The van der Waals surface area contributed by atoms with Crippen molar-refractivity contribution >= 4 is 40.9 Å². The first-order valence-electron chi connectivity index (χ1n) is 12.4. The molecule has 2 N–H and O–H groups in total. The number of hydrogen-bond donors (Lipinski definition) is 2. The molecule has 2 aromatic rings. The van der Waals surface area contributed by atoms with Crippen LogP contribution in [0.25, 0.3) is 0 Å². The van der Waals surface area contributed by atoms with Crippen LogP contribution in [-0.4, -0.2) is 54.9 Å². The lowest BCUT2D eigenvalue weighted by molar-refractivity contribution is -0.127. The highest BCUT2D eigenvalue weighted by Gasteiger charge is 2.33. The minimum atomic E-state index is -0.301.